The first-order valence-corrected chi connectivity index (χ1v) is 8.34. The van der Waals surface area contributed by atoms with Crippen LogP contribution in [0.15, 0.2) is 24.3 Å². The van der Waals surface area contributed by atoms with E-state index < -0.39 is 11.7 Å². The van der Waals surface area contributed by atoms with Crippen molar-refractivity contribution in [1.82, 2.24) is 15.5 Å². The molecule has 0 aromatic heterocycles. The number of piperidine rings is 1. The number of hydrogen-bond acceptors (Lipinski definition) is 2. The second-order valence-electron chi connectivity index (χ2n) is 7.43. The molecule has 0 bridgehead atoms. The van der Waals surface area contributed by atoms with Crippen molar-refractivity contribution in [2.45, 2.75) is 39.7 Å². The average molecular weight is 335 g/mol. The lowest BCUT2D eigenvalue weighted by Gasteiger charge is -2.33. The quantitative estimate of drug-likeness (QED) is 0.892. The number of benzene rings is 1. The van der Waals surface area contributed by atoms with E-state index in [0.717, 1.165) is 0 Å². The number of amides is 3. The van der Waals surface area contributed by atoms with E-state index in [2.05, 4.69) is 31.4 Å². The lowest BCUT2D eigenvalue weighted by atomic mass is 9.97. The molecule has 2 N–H and O–H groups in total. The fourth-order valence-electron chi connectivity index (χ4n) is 2.59. The van der Waals surface area contributed by atoms with Gasteiger partial charge >= 0.3 is 6.03 Å². The van der Waals surface area contributed by atoms with Gasteiger partial charge in [-0.05, 0) is 30.4 Å². The monoisotopic (exact) mass is 335 g/mol. The molecule has 0 unspecified atom stereocenters. The summed E-state index contributed by atoms with van der Waals surface area (Å²) in [6.45, 7) is 7.99. The largest absolute Gasteiger partial charge is 0.349 e. The highest BCUT2D eigenvalue weighted by Gasteiger charge is 2.25. The summed E-state index contributed by atoms with van der Waals surface area (Å²) in [6, 6.07) is 5.84. The fourth-order valence-corrected chi connectivity index (χ4v) is 2.59. The highest BCUT2D eigenvalue weighted by atomic mass is 19.1. The lowest BCUT2D eigenvalue weighted by Crippen LogP contribution is -2.50. The topological polar surface area (TPSA) is 61.4 Å². The van der Waals surface area contributed by atoms with Crippen LogP contribution < -0.4 is 10.6 Å². The van der Waals surface area contributed by atoms with Crippen LogP contribution in [-0.2, 0) is 0 Å². The zero-order chi connectivity index (χ0) is 17.7. The Morgan fingerprint density at radius 1 is 1.21 bits per heavy atom. The number of urea groups is 1. The summed E-state index contributed by atoms with van der Waals surface area (Å²) in [4.78, 5) is 26.0. The van der Waals surface area contributed by atoms with Crippen LogP contribution in [-0.4, -0.2) is 42.5 Å². The van der Waals surface area contributed by atoms with Gasteiger partial charge in [-0.25, -0.2) is 9.18 Å². The van der Waals surface area contributed by atoms with Crippen LogP contribution in [0.3, 0.4) is 0 Å². The Morgan fingerprint density at radius 2 is 1.83 bits per heavy atom. The van der Waals surface area contributed by atoms with Gasteiger partial charge in [0.1, 0.15) is 5.82 Å². The zero-order valence-electron chi connectivity index (χ0n) is 14.6. The van der Waals surface area contributed by atoms with Gasteiger partial charge in [-0.2, -0.15) is 0 Å². The Hall–Kier alpha value is -2.11. The molecule has 1 fully saturated rings. The number of halogens is 1. The molecule has 0 radical (unpaired) electrons. The molecule has 24 heavy (non-hydrogen) atoms. The van der Waals surface area contributed by atoms with E-state index in [-0.39, 0.29) is 23.1 Å². The van der Waals surface area contributed by atoms with E-state index >= 15 is 0 Å². The van der Waals surface area contributed by atoms with Crippen molar-refractivity contribution in [3.05, 3.63) is 35.6 Å². The minimum atomic E-state index is -0.519. The maximum atomic E-state index is 13.6. The van der Waals surface area contributed by atoms with Gasteiger partial charge in [0, 0.05) is 25.7 Å². The minimum Gasteiger partial charge on any atom is -0.349 e. The first-order valence-electron chi connectivity index (χ1n) is 8.34. The van der Waals surface area contributed by atoms with Crippen molar-refractivity contribution in [3.63, 3.8) is 0 Å². The molecule has 1 aliphatic heterocycles. The standard InChI is InChI=1S/C18H26FN3O2/c1-18(2,3)12-20-17(24)22-10-8-13(9-11-22)21-16(23)14-6-4-5-7-15(14)19/h4-7,13H,8-12H2,1-3H3,(H,20,24)(H,21,23). The summed E-state index contributed by atoms with van der Waals surface area (Å²) in [5, 5.41) is 5.79. The summed E-state index contributed by atoms with van der Waals surface area (Å²) in [6.07, 6.45) is 1.34. The smallest absolute Gasteiger partial charge is 0.317 e. The molecule has 5 nitrogen and oxygen atoms in total. The third-order valence-corrected chi connectivity index (χ3v) is 4.01. The SMILES string of the molecule is CC(C)(C)CNC(=O)N1CCC(NC(=O)c2ccccc2F)CC1. The predicted octanol–water partition coefficient (Wildman–Crippen LogP) is 2.78. The molecule has 1 aromatic rings. The van der Waals surface area contributed by atoms with Crippen LogP contribution in [0.2, 0.25) is 0 Å². The second-order valence-corrected chi connectivity index (χ2v) is 7.43. The van der Waals surface area contributed by atoms with Gasteiger partial charge in [-0.1, -0.05) is 32.9 Å². The number of likely N-dealkylation sites (tertiary alicyclic amines) is 1. The van der Waals surface area contributed by atoms with E-state index in [1.165, 1.54) is 12.1 Å². The summed E-state index contributed by atoms with van der Waals surface area (Å²) in [5.74, 6) is -0.919. The minimum absolute atomic E-state index is 0.0382. The van der Waals surface area contributed by atoms with E-state index in [0.29, 0.717) is 32.5 Å². The molecular formula is C18H26FN3O2. The molecule has 6 heteroatoms. The van der Waals surface area contributed by atoms with Crippen LogP contribution >= 0.6 is 0 Å². The Kier molecular flexibility index (Phi) is 5.80. The second kappa shape index (κ2) is 7.64. The van der Waals surface area contributed by atoms with E-state index in [1.54, 1.807) is 17.0 Å². The Balaban J connectivity index is 1.79. The van der Waals surface area contributed by atoms with Gasteiger partial charge in [0.25, 0.3) is 5.91 Å². The molecule has 132 valence electrons. The van der Waals surface area contributed by atoms with E-state index in [4.69, 9.17) is 0 Å². The first-order chi connectivity index (χ1) is 11.3. The van der Waals surface area contributed by atoms with Crippen LogP contribution in [0.25, 0.3) is 0 Å². The predicted molar refractivity (Wildman–Crippen MR) is 91.3 cm³/mol. The zero-order valence-corrected chi connectivity index (χ0v) is 14.6. The van der Waals surface area contributed by atoms with Crippen LogP contribution in [0, 0.1) is 11.2 Å². The molecule has 1 saturated heterocycles. The lowest BCUT2D eigenvalue weighted by molar-refractivity contribution is 0.0913. The Bertz CT molecular complexity index is 590. The van der Waals surface area contributed by atoms with Crippen molar-refractivity contribution in [1.29, 1.82) is 0 Å². The molecular weight excluding hydrogens is 309 g/mol. The molecule has 1 heterocycles. The molecule has 0 aliphatic carbocycles. The van der Waals surface area contributed by atoms with E-state index in [1.807, 2.05) is 0 Å². The van der Waals surface area contributed by atoms with E-state index in [9.17, 15) is 14.0 Å². The van der Waals surface area contributed by atoms with Gasteiger partial charge in [-0.15, -0.1) is 0 Å². The molecule has 1 aromatic carbocycles. The third-order valence-electron chi connectivity index (χ3n) is 4.01. The fraction of sp³-hybridized carbons (Fsp3) is 0.556. The van der Waals surface area contributed by atoms with Gasteiger partial charge in [0.15, 0.2) is 0 Å². The molecule has 3 amide bonds. The van der Waals surface area contributed by atoms with Crippen LogP contribution in [0.4, 0.5) is 9.18 Å². The summed E-state index contributed by atoms with van der Waals surface area (Å²) in [7, 11) is 0. The summed E-state index contributed by atoms with van der Waals surface area (Å²) >= 11 is 0. The third kappa shape index (κ3) is 5.22. The Labute approximate surface area is 142 Å². The van der Waals surface area contributed by atoms with Crippen molar-refractivity contribution < 1.29 is 14.0 Å². The number of nitrogens with one attached hydrogen (secondary N) is 2. The highest BCUT2D eigenvalue weighted by Crippen LogP contribution is 2.14. The summed E-state index contributed by atoms with van der Waals surface area (Å²) < 4.78 is 13.6. The van der Waals surface area contributed by atoms with Gasteiger partial charge in [0.2, 0.25) is 0 Å². The molecule has 0 atom stereocenters. The van der Waals surface area contributed by atoms with Crippen molar-refractivity contribution in [2.24, 2.45) is 5.41 Å². The molecule has 2 rings (SSSR count). The number of carbonyl (C=O) groups is 2. The molecule has 0 spiro atoms. The maximum Gasteiger partial charge on any atom is 0.317 e. The van der Waals surface area contributed by atoms with Crippen LogP contribution in [0.5, 0.6) is 0 Å². The van der Waals surface area contributed by atoms with Crippen molar-refractivity contribution in [2.75, 3.05) is 19.6 Å². The normalized spacial score (nSPS) is 15.9. The first kappa shape index (κ1) is 18.2. The van der Waals surface area contributed by atoms with Gasteiger partial charge in [0.05, 0.1) is 5.56 Å². The number of hydrogen-bond donors (Lipinski definition) is 2. The van der Waals surface area contributed by atoms with Gasteiger partial charge in [-0.3, -0.25) is 4.79 Å². The summed E-state index contributed by atoms with van der Waals surface area (Å²) in [5.41, 5.74) is 0.102. The highest BCUT2D eigenvalue weighted by molar-refractivity contribution is 5.94. The maximum absolute atomic E-state index is 13.6. The van der Waals surface area contributed by atoms with Crippen molar-refractivity contribution >= 4 is 11.9 Å². The van der Waals surface area contributed by atoms with Crippen LogP contribution in [0.1, 0.15) is 44.0 Å². The Morgan fingerprint density at radius 3 is 2.42 bits per heavy atom. The number of carbonyl (C=O) groups excluding carboxylic acids is 2. The van der Waals surface area contributed by atoms with Gasteiger partial charge < -0.3 is 15.5 Å². The number of nitrogens with zero attached hydrogens (tertiary/aromatic N) is 1. The number of rotatable bonds is 3. The molecule has 0 saturated carbocycles. The average Bonchev–Trinajstić information content (AvgIpc) is 2.53. The molecule has 1 aliphatic rings. The van der Waals surface area contributed by atoms with Crippen molar-refractivity contribution in [3.8, 4) is 0 Å².